The number of fused-ring (bicyclic) bond motifs is 1. The number of nitriles is 1. The summed E-state index contributed by atoms with van der Waals surface area (Å²) in [6.07, 6.45) is 3.28. The molecule has 1 aliphatic carbocycles. The molecule has 0 amide bonds. The van der Waals surface area contributed by atoms with E-state index in [9.17, 15) is 5.26 Å². The van der Waals surface area contributed by atoms with Gasteiger partial charge in [0, 0.05) is 13.1 Å². The Balaban J connectivity index is 1.93. The van der Waals surface area contributed by atoms with Crippen LogP contribution < -0.4 is 0 Å². The minimum atomic E-state index is -0.158. The van der Waals surface area contributed by atoms with Crippen LogP contribution in [0.2, 0.25) is 0 Å². The maximum absolute atomic E-state index is 9.38. The summed E-state index contributed by atoms with van der Waals surface area (Å²) in [5.41, 5.74) is 3.98. The highest BCUT2D eigenvalue weighted by Crippen LogP contribution is 2.44. The van der Waals surface area contributed by atoms with Crippen molar-refractivity contribution in [1.29, 1.82) is 5.26 Å². The van der Waals surface area contributed by atoms with Gasteiger partial charge in [0.2, 0.25) is 0 Å². The molecule has 1 heterocycles. The molecule has 17 heavy (non-hydrogen) atoms. The number of rotatable bonds is 2. The molecule has 88 valence electrons. The van der Waals surface area contributed by atoms with Gasteiger partial charge in [-0.2, -0.15) is 5.26 Å². The van der Waals surface area contributed by atoms with Gasteiger partial charge in [-0.15, -0.1) is 0 Å². The Hall–Kier alpha value is -1.33. The van der Waals surface area contributed by atoms with Crippen molar-refractivity contribution in [3.05, 3.63) is 34.9 Å². The van der Waals surface area contributed by atoms with Gasteiger partial charge in [0.25, 0.3) is 0 Å². The molecule has 1 saturated carbocycles. The van der Waals surface area contributed by atoms with E-state index in [2.05, 4.69) is 36.1 Å². The van der Waals surface area contributed by atoms with Crippen LogP contribution in [-0.2, 0) is 18.5 Å². The van der Waals surface area contributed by atoms with Crippen LogP contribution in [0.1, 0.15) is 42.9 Å². The van der Waals surface area contributed by atoms with Crippen molar-refractivity contribution in [2.75, 3.05) is 6.54 Å². The van der Waals surface area contributed by atoms with E-state index in [0.29, 0.717) is 0 Å². The molecule has 1 aromatic carbocycles. The smallest absolute Gasteiger partial charge is 0.0822 e. The molecule has 0 saturated heterocycles. The summed E-state index contributed by atoms with van der Waals surface area (Å²) in [7, 11) is 0. The maximum atomic E-state index is 9.38. The Bertz CT molecular complexity index is 480. The average molecular weight is 226 g/mol. The summed E-state index contributed by atoms with van der Waals surface area (Å²) in [6.45, 7) is 5.44. The molecule has 2 nitrogen and oxygen atoms in total. The highest BCUT2D eigenvalue weighted by atomic mass is 15.1. The van der Waals surface area contributed by atoms with Crippen LogP contribution >= 0.6 is 0 Å². The van der Waals surface area contributed by atoms with Crippen LogP contribution in [0.25, 0.3) is 0 Å². The average Bonchev–Trinajstić information content (AvgIpc) is 2.70. The largest absolute Gasteiger partial charge is 0.295 e. The lowest BCUT2D eigenvalue weighted by molar-refractivity contribution is 0.300. The molecule has 1 fully saturated rings. The van der Waals surface area contributed by atoms with Crippen LogP contribution in [0, 0.1) is 11.3 Å². The summed E-state index contributed by atoms with van der Waals surface area (Å²) in [4.78, 5) is 2.44. The van der Waals surface area contributed by atoms with Crippen LogP contribution in [-0.4, -0.2) is 11.4 Å². The Morgan fingerprint density at radius 1 is 1.29 bits per heavy atom. The van der Waals surface area contributed by atoms with Crippen LogP contribution in [0.3, 0.4) is 0 Å². The van der Waals surface area contributed by atoms with E-state index in [1.807, 2.05) is 0 Å². The fourth-order valence-electron chi connectivity index (χ4n) is 2.98. The highest BCUT2D eigenvalue weighted by Gasteiger charge is 2.39. The van der Waals surface area contributed by atoms with Gasteiger partial charge < -0.3 is 0 Å². The van der Waals surface area contributed by atoms with Gasteiger partial charge in [0.15, 0.2) is 0 Å². The summed E-state index contributed by atoms with van der Waals surface area (Å²) in [6, 6.07) is 9.23. The van der Waals surface area contributed by atoms with E-state index < -0.39 is 0 Å². The molecule has 0 spiro atoms. The second-order valence-corrected chi connectivity index (χ2v) is 5.33. The number of hydrogen-bond donors (Lipinski definition) is 0. The van der Waals surface area contributed by atoms with Crippen molar-refractivity contribution in [3.63, 3.8) is 0 Å². The van der Waals surface area contributed by atoms with Crippen molar-refractivity contribution < 1.29 is 0 Å². The van der Waals surface area contributed by atoms with E-state index in [4.69, 9.17) is 0 Å². The normalized spacial score (nSPS) is 21.6. The van der Waals surface area contributed by atoms with E-state index in [1.54, 1.807) is 0 Å². The minimum Gasteiger partial charge on any atom is -0.295 e. The van der Waals surface area contributed by atoms with Gasteiger partial charge in [-0.25, -0.2) is 0 Å². The first kappa shape index (κ1) is 10.8. The summed E-state index contributed by atoms with van der Waals surface area (Å²) >= 11 is 0. The second-order valence-electron chi connectivity index (χ2n) is 5.33. The highest BCUT2D eigenvalue weighted by molar-refractivity contribution is 5.42. The van der Waals surface area contributed by atoms with Crippen molar-refractivity contribution >= 4 is 0 Å². The molecule has 2 aliphatic rings. The summed E-state index contributed by atoms with van der Waals surface area (Å²) in [5.74, 6) is 0. The summed E-state index contributed by atoms with van der Waals surface area (Å²) < 4.78 is 0. The fraction of sp³-hybridized carbons (Fsp3) is 0.533. The summed E-state index contributed by atoms with van der Waals surface area (Å²) in [5, 5.41) is 9.38. The number of nitrogens with zero attached hydrogens (tertiary/aromatic N) is 2. The number of benzene rings is 1. The van der Waals surface area contributed by atoms with Crippen molar-refractivity contribution in [2.45, 2.75) is 44.7 Å². The molecule has 2 heteroatoms. The first-order valence-electron chi connectivity index (χ1n) is 6.53. The van der Waals surface area contributed by atoms with Gasteiger partial charge >= 0.3 is 0 Å². The Labute approximate surface area is 103 Å². The number of hydrogen-bond acceptors (Lipinski definition) is 2. The third kappa shape index (κ3) is 1.57. The van der Waals surface area contributed by atoms with Crippen molar-refractivity contribution in [1.82, 2.24) is 4.90 Å². The molecule has 0 N–H and O–H groups in total. The zero-order valence-electron chi connectivity index (χ0n) is 10.4. The maximum Gasteiger partial charge on any atom is 0.0822 e. The molecule has 1 aliphatic heterocycles. The van der Waals surface area contributed by atoms with E-state index >= 15 is 0 Å². The Morgan fingerprint density at radius 3 is 2.65 bits per heavy atom. The molecule has 0 bridgehead atoms. The third-order valence-electron chi connectivity index (χ3n) is 4.42. The van der Waals surface area contributed by atoms with Gasteiger partial charge in [0.1, 0.15) is 0 Å². The van der Waals surface area contributed by atoms with Gasteiger partial charge in [-0.05, 0) is 42.5 Å². The monoisotopic (exact) mass is 226 g/mol. The van der Waals surface area contributed by atoms with Gasteiger partial charge in [-0.3, -0.25) is 4.90 Å². The lowest BCUT2D eigenvalue weighted by Gasteiger charge is -2.35. The molecule has 3 rings (SSSR count). The second kappa shape index (κ2) is 3.85. The van der Waals surface area contributed by atoms with Crippen molar-refractivity contribution in [3.8, 4) is 6.07 Å². The van der Waals surface area contributed by atoms with Crippen LogP contribution in [0.15, 0.2) is 18.2 Å². The van der Waals surface area contributed by atoms with Crippen LogP contribution in [0.4, 0.5) is 0 Å². The van der Waals surface area contributed by atoms with Crippen molar-refractivity contribution in [2.24, 2.45) is 0 Å². The first-order chi connectivity index (χ1) is 8.27. The molecular weight excluding hydrogens is 208 g/mol. The van der Waals surface area contributed by atoms with E-state index in [-0.39, 0.29) is 5.41 Å². The van der Waals surface area contributed by atoms with E-state index in [1.165, 1.54) is 23.1 Å². The van der Waals surface area contributed by atoms with Gasteiger partial charge in [0.05, 0.1) is 11.5 Å². The predicted molar refractivity (Wildman–Crippen MR) is 67.4 cm³/mol. The lowest BCUT2D eigenvalue weighted by Crippen LogP contribution is -2.32. The standard InChI is InChI=1S/C15H18N2/c1-2-17-9-12-4-5-14(8-13(12)10-17)15(11-16)6-3-7-15/h4-5,8H,2-3,6-7,9-10H2,1H3. The molecule has 0 atom stereocenters. The fourth-order valence-corrected chi connectivity index (χ4v) is 2.98. The first-order valence-corrected chi connectivity index (χ1v) is 6.53. The molecule has 1 aromatic rings. The minimum absolute atomic E-state index is 0.158. The predicted octanol–water partition coefficient (Wildman–Crippen LogP) is 2.97. The quantitative estimate of drug-likeness (QED) is 0.775. The third-order valence-corrected chi connectivity index (χ3v) is 4.42. The van der Waals surface area contributed by atoms with Crippen LogP contribution in [0.5, 0.6) is 0 Å². The Kier molecular flexibility index (Phi) is 2.45. The Morgan fingerprint density at radius 2 is 2.06 bits per heavy atom. The zero-order valence-corrected chi connectivity index (χ0v) is 10.4. The SMILES string of the molecule is CCN1Cc2ccc(C3(C#N)CCC3)cc2C1. The topological polar surface area (TPSA) is 27.0 Å². The van der Waals surface area contributed by atoms with E-state index in [0.717, 1.165) is 32.5 Å². The zero-order chi connectivity index (χ0) is 11.9. The molecule has 0 radical (unpaired) electrons. The molecule has 0 aromatic heterocycles. The molecular formula is C15H18N2. The molecule has 0 unspecified atom stereocenters. The van der Waals surface area contributed by atoms with Gasteiger partial charge in [-0.1, -0.05) is 25.1 Å². The lowest BCUT2D eigenvalue weighted by atomic mass is 9.65.